The van der Waals surface area contributed by atoms with Crippen LogP contribution in [0.4, 0.5) is 0 Å². The fourth-order valence-electron chi connectivity index (χ4n) is 1.36. The van der Waals surface area contributed by atoms with Gasteiger partial charge < -0.3 is 5.32 Å². The lowest BCUT2D eigenvalue weighted by Crippen LogP contribution is -2.25. The van der Waals surface area contributed by atoms with Crippen LogP contribution in [0, 0.1) is 6.92 Å². The van der Waals surface area contributed by atoms with Crippen LogP contribution in [-0.2, 0) is 6.42 Å². The van der Waals surface area contributed by atoms with E-state index in [-0.39, 0.29) is 5.91 Å². The van der Waals surface area contributed by atoms with E-state index in [1.54, 1.807) is 11.3 Å². The number of aryl methyl sites for hydroxylation is 1. The monoisotopic (exact) mass is 330 g/mol. The van der Waals surface area contributed by atoms with E-state index >= 15 is 0 Å². The van der Waals surface area contributed by atoms with E-state index < -0.39 is 0 Å². The van der Waals surface area contributed by atoms with Gasteiger partial charge >= 0.3 is 0 Å². The largest absolute Gasteiger partial charge is 0.352 e. The summed E-state index contributed by atoms with van der Waals surface area (Å²) in [5.41, 5.74) is 1.75. The molecule has 2 aromatic heterocycles. The molecular weight excluding hydrogens is 320 g/mol. The fourth-order valence-corrected chi connectivity index (χ4v) is 3.14. The van der Waals surface area contributed by atoms with Crippen LogP contribution in [0.25, 0.3) is 0 Å². The number of rotatable bonds is 4. The predicted molar refractivity (Wildman–Crippen MR) is 74.9 cm³/mol. The Labute approximate surface area is 116 Å². The van der Waals surface area contributed by atoms with Crippen molar-refractivity contribution < 1.29 is 4.79 Å². The highest BCUT2D eigenvalue weighted by Gasteiger charge is 2.07. The van der Waals surface area contributed by atoms with Crippen molar-refractivity contribution in [2.75, 3.05) is 6.54 Å². The molecule has 0 aliphatic heterocycles. The van der Waals surface area contributed by atoms with Gasteiger partial charge in [-0.1, -0.05) is 0 Å². The minimum absolute atomic E-state index is 0.0288. The Morgan fingerprint density at radius 1 is 1.47 bits per heavy atom. The summed E-state index contributed by atoms with van der Waals surface area (Å²) < 4.78 is 0.970. The van der Waals surface area contributed by atoms with Gasteiger partial charge in [-0.05, 0) is 28.9 Å². The molecule has 3 nitrogen and oxygen atoms in total. The van der Waals surface area contributed by atoms with Crippen LogP contribution in [0.3, 0.4) is 0 Å². The molecule has 0 aliphatic rings. The fraction of sp³-hybridized carbons (Fsp3) is 0.273. The van der Waals surface area contributed by atoms with Crippen molar-refractivity contribution in [2.45, 2.75) is 13.3 Å². The van der Waals surface area contributed by atoms with E-state index in [0.29, 0.717) is 12.1 Å². The summed E-state index contributed by atoms with van der Waals surface area (Å²) in [7, 11) is 0. The summed E-state index contributed by atoms with van der Waals surface area (Å²) in [6, 6.07) is 1.83. The van der Waals surface area contributed by atoms with Gasteiger partial charge in [0.15, 0.2) is 0 Å². The molecule has 90 valence electrons. The number of aromatic nitrogens is 1. The highest BCUT2D eigenvalue weighted by atomic mass is 79.9. The van der Waals surface area contributed by atoms with E-state index in [9.17, 15) is 4.79 Å². The number of carbonyl (C=O) groups excluding carboxylic acids is 1. The molecule has 0 atom stereocenters. The van der Waals surface area contributed by atoms with Gasteiger partial charge in [-0.3, -0.25) is 4.79 Å². The molecule has 2 rings (SSSR count). The topological polar surface area (TPSA) is 42.0 Å². The zero-order chi connectivity index (χ0) is 12.3. The summed E-state index contributed by atoms with van der Waals surface area (Å²) in [5.74, 6) is -0.0288. The highest BCUT2D eigenvalue weighted by Crippen LogP contribution is 2.20. The smallest absolute Gasteiger partial charge is 0.252 e. The third-order valence-corrected chi connectivity index (χ3v) is 4.49. The standard InChI is InChI=1S/C11H11BrN2OS2/c1-7-14-9(6-16-7)2-3-13-11(15)8-4-10(12)17-5-8/h4-6H,2-3H2,1H3,(H,13,15). The molecule has 6 heteroatoms. The Morgan fingerprint density at radius 3 is 2.88 bits per heavy atom. The number of thiazole rings is 1. The van der Waals surface area contributed by atoms with Gasteiger partial charge in [-0.25, -0.2) is 4.98 Å². The van der Waals surface area contributed by atoms with Gasteiger partial charge in [0.2, 0.25) is 0 Å². The quantitative estimate of drug-likeness (QED) is 0.934. The Bertz CT molecular complexity index is 521. The maximum absolute atomic E-state index is 11.7. The lowest BCUT2D eigenvalue weighted by atomic mass is 10.3. The first-order valence-electron chi connectivity index (χ1n) is 5.08. The third kappa shape index (κ3) is 3.62. The molecular formula is C11H11BrN2OS2. The second-order valence-electron chi connectivity index (χ2n) is 3.50. The van der Waals surface area contributed by atoms with Crippen LogP contribution in [0.2, 0.25) is 0 Å². The zero-order valence-electron chi connectivity index (χ0n) is 9.20. The van der Waals surface area contributed by atoms with E-state index in [2.05, 4.69) is 26.2 Å². The van der Waals surface area contributed by atoms with E-state index in [4.69, 9.17) is 0 Å². The van der Waals surface area contributed by atoms with E-state index in [1.807, 2.05) is 23.8 Å². The molecule has 0 saturated carbocycles. The molecule has 0 bridgehead atoms. The first kappa shape index (κ1) is 12.7. The van der Waals surface area contributed by atoms with Crippen LogP contribution in [-0.4, -0.2) is 17.4 Å². The van der Waals surface area contributed by atoms with Gasteiger partial charge in [-0.2, -0.15) is 0 Å². The number of nitrogens with one attached hydrogen (secondary N) is 1. The minimum atomic E-state index is -0.0288. The van der Waals surface area contributed by atoms with Crippen molar-refractivity contribution in [1.82, 2.24) is 10.3 Å². The number of hydrogen-bond donors (Lipinski definition) is 1. The number of halogens is 1. The maximum atomic E-state index is 11.7. The molecule has 0 aromatic carbocycles. The van der Waals surface area contributed by atoms with Crippen LogP contribution < -0.4 is 5.32 Å². The van der Waals surface area contributed by atoms with E-state index in [1.165, 1.54) is 11.3 Å². The highest BCUT2D eigenvalue weighted by molar-refractivity contribution is 9.11. The van der Waals surface area contributed by atoms with Crippen molar-refractivity contribution in [3.8, 4) is 0 Å². The molecule has 17 heavy (non-hydrogen) atoms. The summed E-state index contributed by atoms with van der Waals surface area (Å²) in [4.78, 5) is 16.1. The molecule has 2 heterocycles. The lowest BCUT2D eigenvalue weighted by Gasteiger charge is -2.01. The van der Waals surface area contributed by atoms with Crippen LogP contribution in [0.1, 0.15) is 21.1 Å². The molecule has 0 aliphatic carbocycles. The first-order chi connectivity index (χ1) is 8.15. The Hall–Kier alpha value is -0.720. The number of carbonyl (C=O) groups is 1. The van der Waals surface area contributed by atoms with Crippen LogP contribution in [0.15, 0.2) is 20.6 Å². The lowest BCUT2D eigenvalue weighted by molar-refractivity contribution is 0.0954. The number of hydrogen-bond acceptors (Lipinski definition) is 4. The van der Waals surface area contributed by atoms with Crippen LogP contribution >= 0.6 is 38.6 Å². The molecule has 0 saturated heterocycles. The Balaban J connectivity index is 1.81. The normalized spacial score (nSPS) is 10.5. The van der Waals surface area contributed by atoms with Gasteiger partial charge in [0.05, 0.1) is 20.1 Å². The summed E-state index contributed by atoms with van der Waals surface area (Å²) in [6.45, 7) is 2.60. The number of thiophene rings is 1. The van der Waals surface area contributed by atoms with Crippen molar-refractivity contribution in [2.24, 2.45) is 0 Å². The zero-order valence-corrected chi connectivity index (χ0v) is 12.4. The van der Waals surface area contributed by atoms with Gasteiger partial charge in [0.1, 0.15) is 0 Å². The van der Waals surface area contributed by atoms with Crippen LogP contribution in [0.5, 0.6) is 0 Å². The average Bonchev–Trinajstić information content (AvgIpc) is 2.88. The second kappa shape index (κ2) is 5.75. The molecule has 1 N–H and O–H groups in total. The summed E-state index contributed by atoms with van der Waals surface area (Å²) in [5, 5.41) is 7.81. The van der Waals surface area contributed by atoms with Gasteiger partial charge in [-0.15, -0.1) is 22.7 Å². The molecule has 2 aromatic rings. The number of nitrogens with zero attached hydrogens (tertiary/aromatic N) is 1. The SMILES string of the molecule is Cc1nc(CCNC(=O)c2csc(Br)c2)cs1. The summed E-state index contributed by atoms with van der Waals surface area (Å²) in [6.07, 6.45) is 0.779. The molecule has 0 unspecified atom stereocenters. The molecule has 1 amide bonds. The maximum Gasteiger partial charge on any atom is 0.252 e. The Kier molecular flexibility index (Phi) is 4.31. The average molecular weight is 331 g/mol. The molecule has 0 radical (unpaired) electrons. The minimum Gasteiger partial charge on any atom is -0.352 e. The third-order valence-electron chi connectivity index (χ3n) is 2.16. The summed E-state index contributed by atoms with van der Waals surface area (Å²) >= 11 is 6.48. The number of amides is 1. The second-order valence-corrected chi connectivity index (χ2v) is 6.86. The predicted octanol–water partition coefficient (Wildman–Crippen LogP) is 3.25. The van der Waals surface area contributed by atoms with Crippen molar-refractivity contribution >= 4 is 44.5 Å². The Morgan fingerprint density at radius 2 is 2.29 bits per heavy atom. The molecule has 0 fully saturated rings. The van der Waals surface area contributed by atoms with Crippen molar-refractivity contribution in [1.29, 1.82) is 0 Å². The van der Waals surface area contributed by atoms with Gasteiger partial charge in [0.25, 0.3) is 5.91 Å². The van der Waals surface area contributed by atoms with Crippen molar-refractivity contribution in [3.63, 3.8) is 0 Å². The van der Waals surface area contributed by atoms with Gasteiger partial charge in [0, 0.05) is 23.7 Å². The molecule has 0 spiro atoms. The van der Waals surface area contributed by atoms with E-state index in [0.717, 1.165) is 20.9 Å². The van der Waals surface area contributed by atoms with Crippen molar-refractivity contribution in [3.05, 3.63) is 36.9 Å². The first-order valence-corrected chi connectivity index (χ1v) is 7.63.